The number of hydrogen-bond acceptors (Lipinski definition) is 3. The first-order chi connectivity index (χ1) is 7.06. The highest BCUT2D eigenvalue weighted by molar-refractivity contribution is 6.31. The standard InChI is InChI=1S/C10H8ClFO3/c1-15-10(14)8(12)9(13)6-3-2-4-7(11)5-6/h2-5,8H,1H3. The highest BCUT2D eigenvalue weighted by Crippen LogP contribution is 2.14. The lowest BCUT2D eigenvalue weighted by Gasteiger charge is -2.05. The maximum atomic E-state index is 13.1. The molecule has 0 fully saturated rings. The van der Waals surface area contributed by atoms with Crippen LogP contribution in [0.2, 0.25) is 5.02 Å². The Hall–Kier alpha value is -1.42. The van der Waals surface area contributed by atoms with Gasteiger partial charge in [0.2, 0.25) is 5.78 Å². The van der Waals surface area contributed by atoms with Gasteiger partial charge in [0, 0.05) is 10.6 Å². The van der Waals surface area contributed by atoms with Crippen LogP contribution >= 0.6 is 11.6 Å². The molecule has 0 aliphatic heterocycles. The highest BCUT2D eigenvalue weighted by atomic mass is 35.5. The molecule has 1 aromatic rings. The predicted octanol–water partition coefficient (Wildman–Crippen LogP) is 2.03. The summed E-state index contributed by atoms with van der Waals surface area (Å²) in [5, 5.41) is 0.304. The highest BCUT2D eigenvalue weighted by Gasteiger charge is 2.27. The quantitative estimate of drug-likeness (QED) is 0.453. The monoisotopic (exact) mass is 230 g/mol. The first kappa shape index (κ1) is 11.7. The zero-order chi connectivity index (χ0) is 11.4. The van der Waals surface area contributed by atoms with Crippen molar-refractivity contribution in [2.24, 2.45) is 0 Å². The zero-order valence-corrected chi connectivity index (χ0v) is 8.62. The minimum atomic E-state index is -2.30. The lowest BCUT2D eigenvalue weighted by Crippen LogP contribution is -2.26. The molecule has 0 aliphatic rings. The molecule has 0 bridgehead atoms. The van der Waals surface area contributed by atoms with Crippen LogP contribution in [0.1, 0.15) is 10.4 Å². The molecule has 15 heavy (non-hydrogen) atoms. The Morgan fingerprint density at radius 3 is 2.67 bits per heavy atom. The van der Waals surface area contributed by atoms with Crippen molar-refractivity contribution in [3.63, 3.8) is 0 Å². The molecule has 0 saturated carbocycles. The Balaban J connectivity index is 2.90. The summed E-state index contributed by atoms with van der Waals surface area (Å²) in [6.07, 6.45) is -2.30. The second-order valence-electron chi connectivity index (χ2n) is 2.76. The van der Waals surface area contributed by atoms with Crippen LogP contribution in [0.3, 0.4) is 0 Å². The lowest BCUT2D eigenvalue weighted by molar-refractivity contribution is -0.144. The molecule has 0 N–H and O–H groups in total. The van der Waals surface area contributed by atoms with Crippen LogP contribution in [0.5, 0.6) is 0 Å². The second kappa shape index (κ2) is 4.89. The van der Waals surface area contributed by atoms with Crippen molar-refractivity contribution < 1.29 is 18.7 Å². The van der Waals surface area contributed by atoms with E-state index >= 15 is 0 Å². The van der Waals surface area contributed by atoms with Gasteiger partial charge >= 0.3 is 5.97 Å². The number of benzene rings is 1. The average molecular weight is 231 g/mol. The predicted molar refractivity (Wildman–Crippen MR) is 52.7 cm³/mol. The number of esters is 1. The Morgan fingerprint density at radius 2 is 2.13 bits per heavy atom. The molecule has 0 radical (unpaired) electrons. The Morgan fingerprint density at radius 1 is 1.47 bits per heavy atom. The van der Waals surface area contributed by atoms with Crippen LogP contribution in [-0.4, -0.2) is 25.0 Å². The molecule has 0 amide bonds. The summed E-state index contributed by atoms with van der Waals surface area (Å²) in [5.74, 6) is -2.16. The molecule has 1 unspecified atom stereocenters. The number of rotatable bonds is 3. The SMILES string of the molecule is COC(=O)C(F)C(=O)c1cccc(Cl)c1. The summed E-state index contributed by atoms with van der Waals surface area (Å²) in [6.45, 7) is 0. The number of halogens is 2. The molecule has 80 valence electrons. The zero-order valence-electron chi connectivity index (χ0n) is 7.87. The molecular weight excluding hydrogens is 223 g/mol. The number of ether oxygens (including phenoxy) is 1. The smallest absolute Gasteiger partial charge is 0.348 e. The van der Waals surface area contributed by atoms with Gasteiger partial charge in [-0.1, -0.05) is 23.7 Å². The van der Waals surface area contributed by atoms with E-state index in [-0.39, 0.29) is 5.56 Å². The van der Waals surface area contributed by atoms with Crippen molar-refractivity contribution in [1.29, 1.82) is 0 Å². The summed E-state index contributed by atoms with van der Waals surface area (Å²) in [5.41, 5.74) is 0.0420. The van der Waals surface area contributed by atoms with Gasteiger partial charge in [0.15, 0.2) is 0 Å². The lowest BCUT2D eigenvalue weighted by atomic mass is 10.1. The number of methoxy groups -OCH3 is 1. The number of alkyl halides is 1. The summed E-state index contributed by atoms with van der Waals surface area (Å²) in [6, 6.07) is 5.71. The van der Waals surface area contributed by atoms with Crippen LogP contribution < -0.4 is 0 Å². The molecule has 1 rings (SSSR count). The largest absolute Gasteiger partial charge is 0.467 e. The fourth-order valence-electron chi connectivity index (χ4n) is 0.999. The van der Waals surface area contributed by atoms with Crippen LogP contribution in [-0.2, 0) is 9.53 Å². The van der Waals surface area contributed by atoms with Gasteiger partial charge in [-0.15, -0.1) is 0 Å². The molecule has 0 heterocycles. The van der Waals surface area contributed by atoms with Crippen LogP contribution in [0.15, 0.2) is 24.3 Å². The number of carbonyl (C=O) groups excluding carboxylic acids is 2. The number of ketones is 1. The van der Waals surface area contributed by atoms with Gasteiger partial charge in [-0.25, -0.2) is 9.18 Å². The number of hydrogen-bond donors (Lipinski definition) is 0. The first-order valence-corrected chi connectivity index (χ1v) is 4.45. The van der Waals surface area contributed by atoms with E-state index in [1.165, 1.54) is 18.2 Å². The maximum Gasteiger partial charge on any atom is 0.348 e. The fourth-order valence-corrected chi connectivity index (χ4v) is 1.19. The molecule has 5 heteroatoms. The van der Waals surface area contributed by atoms with Crippen molar-refractivity contribution in [3.8, 4) is 0 Å². The average Bonchev–Trinajstić information content (AvgIpc) is 2.26. The van der Waals surface area contributed by atoms with Gasteiger partial charge in [0.25, 0.3) is 6.17 Å². The third-order valence-electron chi connectivity index (χ3n) is 1.75. The van der Waals surface area contributed by atoms with E-state index in [9.17, 15) is 14.0 Å². The molecule has 1 aromatic carbocycles. The molecule has 0 spiro atoms. The summed E-state index contributed by atoms with van der Waals surface area (Å²) < 4.78 is 17.3. The first-order valence-electron chi connectivity index (χ1n) is 4.08. The Kier molecular flexibility index (Phi) is 3.80. The van der Waals surface area contributed by atoms with E-state index < -0.39 is 17.9 Å². The number of Topliss-reactive ketones (excluding diaryl/α,β-unsaturated/α-hetero) is 1. The minimum Gasteiger partial charge on any atom is -0.467 e. The van der Waals surface area contributed by atoms with Gasteiger partial charge in [-0.3, -0.25) is 4.79 Å². The normalized spacial score (nSPS) is 11.9. The van der Waals surface area contributed by atoms with Crippen molar-refractivity contribution in [2.45, 2.75) is 6.17 Å². The van der Waals surface area contributed by atoms with E-state index in [2.05, 4.69) is 4.74 Å². The maximum absolute atomic E-state index is 13.1. The topological polar surface area (TPSA) is 43.4 Å². The molecule has 1 atom stereocenters. The summed E-state index contributed by atoms with van der Waals surface area (Å²) in [4.78, 5) is 22.1. The van der Waals surface area contributed by atoms with E-state index in [0.29, 0.717) is 5.02 Å². The molecule has 0 aliphatic carbocycles. The van der Waals surface area contributed by atoms with Crippen molar-refractivity contribution in [2.75, 3.05) is 7.11 Å². The fraction of sp³-hybridized carbons (Fsp3) is 0.200. The van der Waals surface area contributed by atoms with E-state index in [4.69, 9.17) is 11.6 Å². The van der Waals surface area contributed by atoms with E-state index in [1.54, 1.807) is 6.07 Å². The van der Waals surface area contributed by atoms with Crippen LogP contribution in [0.25, 0.3) is 0 Å². The van der Waals surface area contributed by atoms with E-state index in [1.807, 2.05) is 0 Å². The Bertz CT molecular complexity index is 392. The van der Waals surface area contributed by atoms with Gasteiger partial charge in [-0.05, 0) is 12.1 Å². The van der Waals surface area contributed by atoms with Crippen LogP contribution in [0.4, 0.5) is 4.39 Å². The van der Waals surface area contributed by atoms with Gasteiger partial charge < -0.3 is 4.74 Å². The third kappa shape index (κ3) is 2.76. The molecular formula is C10H8ClFO3. The van der Waals surface area contributed by atoms with Gasteiger partial charge in [0.05, 0.1) is 7.11 Å². The van der Waals surface area contributed by atoms with E-state index in [0.717, 1.165) is 7.11 Å². The summed E-state index contributed by atoms with van der Waals surface area (Å²) >= 11 is 5.62. The second-order valence-corrected chi connectivity index (χ2v) is 3.20. The van der Waals surface area contributed by atoms with Gasteiger partial charge in [-0.2, -0.15) is 0 Å². The Labute approximate surface area is 90.8 Å². The van der Waals surface area contributed by atoms with Crippen molar-refractivity contribution in [1.82, 2.24) is 0 Å². The van der Waals surface area contributed by atoms with Crippen molar-refractivity contribution in [3.05, 3.63) is 34.9 Å². The van der Waals surface area contributed by atoms with Gasteiger partial charge in [0.1, 0.15) is 0 Å². The molecule has 0 aromatic heterocycles. The summed E-state index contributed by atoms with van der Waals surface area (Å²) in [7, 11) is 1.01. The minimum absolute atomic E-state index is 0.0420. The number of carbonyl (C=O) groups is 2. The molecule has 3 nitrogen and oxygen atoms in total. The van der Waals surface area contributed by atoms with Crippen molar-refractivity contribution >= 4 is 23.4 Å². The van der Waals surface area contributed by atoms with Crippen LogP contribution in [0, 0.1) is 0 Å². The third-order valence-corrected chi connectivity index (χ3v) is 1.98. The molecule has 0 saturated heterocycles.